The molecule has 0 spiro atoms. The first-order chi connectivity index (χ1) is 9.72. The molecular weight excluding hydrogens is 284 g/mol. The third kappa shape index (κ3) is 5.33. The molecule has 21 heavy (non-hydrogen) atoms. The third-order valence-electron chi connectivity index (χ3n) is 4.37. The smallest absolute Gasteiger partial charge is 0.227 e. The summed E-state index contributed by atoms with van der Waals surface area (Å²) in [6.07, 6.45) is 5.74. The molecule has 1 aliphatic carbocycles. The molecule has 0 aliphatic heterocycles. The van der Waals surface area contributed by atoms with Crippen LogP contribution in [0.25, 0.3) is 0 Å². The molecule has 1 amide bonds. The summed E-state index contributed by atoms with van der Waals surface area (Å²) in [6.45, 7) is 3.07. The molecule has 0 aromatic heterocycles. The van der Waals surface area contributed by atoms with Crippen LogP contribution in [-0.4, -0.2) is 13.0 Å². The summed E-state index contributed by atoms with van der Waals surface area (Å²) in [7, 11) is 1.93. The number of hydrogen-bond acceptors (Lipinski definition) is 2. The van der Waals surface area contributed by atoms with Crippen molar-refractivity contribution in [3.63, 3.8) is 0 Å². The molecule has 1 aliphatic rings. The minimum Gasteiger partial charge on any atom is -0.326 e. The normalized spacial score (nSPS) is 21.4. The van der Waals surface area contributed by atoms with Crippen LogP contribution in [0.3, 0.4) is 0 Å². The number of anilines is 1. The second-order valence-electron chi connectivity index (χ2n) is 5.85. The van der Waals surface area contributed by atoms with Crippen molar-refractivity contribution in [2.75, 3.05) is 12.4 Å². The number of amides is 1. The lowest BCUT2D eigenvalue weighted by Crippen LogP contribution is -2.27. The molecule has 2 N–H and O–H groups in total. The van der Waals surface area contributed by atoms with E-state index in [0.717, 1.165) is 31.0 Å². The highest BCUT2D eigenvalue weighted by atomic mass is 35.5. The lowest BCUT2D eigenvalue weighted by Gasteiger charge is -2.26. The van der Waals surface area contributed by atoms with Gasteiger partial charge in [-0.2, -0.15) is 0 Å². The van der Waals surface area contributed by atoms with Gasteiger partial charge in [0.2, 0.25) is 5.91 Å². The van der Waals surface area contributed by atoms with E-state index in [9.17, 15) is 4.79 Å². The van der Waals surface area contributed by atoms with E-state index in [-0.39, 0.29) is 24.2 Å². The molecule has 2 rings (SSSR count). The van der Waals surface area contributed by atoms with Crippen molar-refractivity contribution in [1.82, 2.24) is 5.32 Å². The molecule has 1 saturated carbocycles. The van der Waals surface area contributed by atoms with Crippen LogP contribution >= 0.6 is 12.4 Å². The fraction of sp³-hybridized carbons (Fsp3) is 0.588. The minimum absolute atomic E-state index is 0. The zero-order valence-corrected chi connectivity index (χ0v) is 13.8. The van der Waals surface area contributed by atoms with E-state index in [1.165, 1.54) is 24.8 Å². The molecule has 1 aromatic carbocycles. The van der Waals surface area contributed by atoms with Crippen LogP contribution in [0.1, 0.15) is 44.6 Å². The SMILES string of the molecule is CCC1CCC(C(=O)Nc2cccc(CNC)c2)CC1.Cl. The maximum absolute atomic E-state index is 12.3. The fourth-order valence-electron chi connectivity index (χ4n) is 3.04. The van der Waals surface area contributed by atoms with Crippen LogP contribution in [0, 0.1) is 11.8 Å². The molecule has 4 heteroatoms. The van der Waals surface area contributed by atoms with Crippen LogP contribution < -0.4 is 10.6 Å². The zero-order valence-electron chi connectivity index (χ0n) is 13.0. The van der Waals surface area contributed by atoms with Crippen LogP contribution in [0.15, 0.2) is 24.3 Å². The van der Waals surface area contributed by atoms with Gasteiger partial charge >= 0.3 is 0 Å². The number of benzene rings is 1. The van der Waals surface area contributed by atoms with Crippen LogP contribution in [0.4, 0.5) is 5.69 Å². The monoisotopic (exact) mass is 310 g/mol. The van der Waals surface area contributed by atoms with Gasteiger partial charge in [0.25, 0.3) is 0 Å². The first-order valence-electron chi connectivity index (χ1n) is 7.77. The van der Waals surface area contributed by atoms with E-state index >= 15 is 0 Å². The van der Waals surface area contributed by atoms with Crippen molar-refractivity contribution in [3.05, 3.63) is 29.8 Å². The number of rotatable bonds is 5. The maximum atomic E-state index is 12.3. The first-order valence-corrected chi connectivity index (χ1v) is 7.77. The molecule has 1 fully saturated rings. The highest BCUT2D eigenvalue weighted by Crippen LogP contribution is 2.31. The van der Waals surface area contributed by atoms with Gasteiger partial charge in [-0.15, -0.1) is 12.4 Å². The average molecular weight is 311 g/mol. The Morgan fingerprint density at radius 1 is 1.24 bits per heavy atom. The Morgan fingerprint density at radius 3 is 2.57 bits per heavy atom. The summed E-state index contributed by atoms with van der Waals surface area (Å²) < 4.78 is 0. The maximum Gasteiger partial charge on any atom is 0.227 e. The molecule has 0 unspecified atom stereocenters. The van der Waals surface area contributed by atoms with E-state index in [0.29, 0.717) is 0 Å². The molecule has 0 heterocycles. The van der Waals surface area contributed by atoms with Gasteiger partial charge in [0.15, 0.2) is 0 Å². The molecular formula is C17H27ClN2O. The summed E-state index contributed by atoms with van der Waals surface area (Å²) in [5, 5.41) is 6.20. The molecule has 1 aromatic rings. The van der Waals surface area contributed by atoms with Crippen molar-refractivity contribution in [2.24, 2.45) is 11.8 Å². The molecule has 0 bridgehead atoms. The van der Waals surface area contributed by atoms with Gasteiger partial charge in [-0.25, -0.2) is 0 Å². The number of carbonyl (C=O) groups is 1. The summed E-state index contributed by atoms with van der Waals surface area (Å²) in [5.74, 6) is 1.23. The largest absolute Gasteiger partial charge is 0.326 e. The van der Waals surface area contributed by atoms with Crippen molar-refractivity contribution >= 4 is 24.0 Å². The van der Waals surface area contributed by atoms with Gasteiger partial charge in [-0.05, 0) is 56.3 Å². The Balaban J connectivity index is 0.00000220. The molecule has 0 saturated heterocycles. The summed E-state index contributed by atoms with van der Waals surface area (Å²) in [4.78, 5) is 12.3. The predicted octanol–water partition coefficient (Wildman–Crippen LogP) is 3.98. The Labute approximate surface area is 134 Å². The lowest BCUT2D eigenvalue weighted by atomic mass is 9.80. The Kier molecular flexibility index (Phi) is 7.76. The van der Waals surface area contributed by atoms with E-state index in [2.05, 4.69) is 23.6 Å². The highest BCUT2D eigenvalue weighted by molar-refractivity contribution is 5.92. The number of hydrogen-bond donors (Lipinski definition) is 2. The molecule has 3 nitrogen and oxygen atoms in total. The molecule has 0 atom stereocenters. The third-order valence-corrected chi connectivity index (χ3v) is 4.37. The fourth-order valence-corrected chi connectivity index (χ4v) is 3.04. The van der Waals surface area contributed by atoms with Crippen molar-refractivity contribution in [1.29, 1.82) is 0 Å². The summed E-state index contributed by atoms with van der Waals surface area (Å²) in [5.41, 5.74) is 2.11. The Morgan fingerprint density at radius 2 is 1.95 bits per heavy atom. The van der Waals surface area contributed by atoms with E-state index < -0.39 is 0 Å². The van der Waals surface area contributed by atoms with Gasteiger partial charge in [0.05, 0.1) is 0 Å². The van der Waals surface area contributed by atoms with Gasteiger partial charge in [-0.1, -0.05) is 25.5 Å². The second kappa shape index (κ2) is 9.06. The zero-order chi connectivity index (χ0) is 14.4. The predicted molar refractivity (Wildman–Crippen MR) is 90.8 cm³/mol. The Hall–Kier alpha value is -1.06. The first kappa shape index (κ1) is 18.0. The number of halogens is 1. The van der Waals surface area contributed by atoms with Crippen LogP contribution in [0.5, 0.6) is 0 Å². The van der Waals surface area contributed by atoms with Crippen molar-refractivity contribution < 1.29 is 4.79 Å². The lowest BCUT2D eigenvalue weighted by molar-refractivity contribution is -0.121. The Bertz CT molecular complexity index is 442. The second-order valence-corrected chi connectivity index (χ2v) is 5.85. The van der Waals surface area contributed by atoms with E-state index in [1.54, 1.807) is 0 Å². The number of carbonyl (C=O) groups excluding carboxylic acids is 1. The van der Waals surface area contributed by atoms with Gasteiger partial charge in [0, 0.05) is 18.2 Å². The minimum atomic E-state index is 0. The summed E-state index contributed by atoms with van der Waals surface area (Å²) >= 11 is 0. The van der Waals surface area contributed by atoms with Gasteiger partial charge in [-0.3, -0.25) is 4.79 Å². The van der Waals surface area contributed by atoms with E-state index in [4.69, 9.17) is 0 Å². The van der Waals surface area contributed by atoms with Crippen LogP contribution in [-0.2, 0) is 11.3 Å². The molecule has 0 radical (unpaired) electrons. The molecule has 118 valence electrons. The average Bonchev–Trinajstić information content (AvgIpc) is 2.48. The van der Waals surface area contributed by atoms with Crippen molar-refractivity contribution in [2.45, 2.75) is 45.6 Å². The topological polar surface area (TPSA) is 41.1 Å². The summed E-state index contributed by atoms with van der Waals surface area (Å²) in [6, 6.07) is 8.08. The quantitative estimate of drug-likeness (QED) is 0.863. The van der Waals surface area contributed by atoms with Crippen molar-refractivity contribution in [3.8, 4) is 0 Å². The van der Waals surface area contributed by atoms with Gasteiger partial charge in [0.1, 0.15) is 0 Å². The number of nitrogens with one attached hydrogen (secondary N) is 2. The standard InChI is InChI=1S/C17H26N2O.ClH/c1-3-13-7-9-15(10-8-13)17(20)19-16-6-4-5-14(11-16)12-18-2;/h4-6,11,13,15,18H,3,7-10,12H2,1-2H3,(H,19,20);1H. The van der Waals surface area contributed by atoms with Gasteiger partial charge < -0.3 is 10.6 Å². The van der Waals surface area contributed by atoms with E-state index in [1.807, 2.05) is 25.2 Å². The highest BCUT2D eigenvalue weighted by Gasteiger charge is 2.25. The van der Waals surface area contributed by atoms with Crippen LogP contribution in [0.2, 0.25) is 0 Å².